The second-order valence-electron chi connectivity index (χ2n) is 4.71. The number of amides is 1. The molecule has 1 aromatic heterocycles. The minimum absolute atomic E-state index is 0.0298. The second-order valence-corrected chi connectivity index (χ2v) is 4.71. The Kier molecular flexibility index (Phi) is 5.12. The Balaban J connectivity index is 2.19. The molecule has 2 aromatic rings. The normalized spacial score (nSPS) is 10.4. The van der Waals surface area contributed by atoms with Crippen LogP contribution in [0.25, 0.3) is 6.08 Å². The Morgan fingerprint density at radius 1 is 1.33 bits per heavy atom. The van der Waals surface area contributed by atoms with Gasteiger partial charge in [0.2, 0.25) is 5.88 Å². The molecule has 0 unspecified atom stereocenters. The van der Waals surface area contributed by atoms with Crippen molar-refractivity contribution in [2.45, 2.75) is 6.92 Å². The number of furan rings is 1. The van der Waals surface area contributed by atoms with Crippen molar-refractivity contribution < 1.29 is 23.1 Å². The molecule has 0 atom stereocenters. The summed E-state index contributed by atoms with van der Waals surface area (Å²) in [6, 6.07) is 7.36. The lowest BCUT2D eigenvalue weighted by Gasteiger charge is -1.98. The number of hydrogen-bond acceptors (Lipinski definition) is 5. The molecule has 0 aliphatic carbocycles. The molecule has 0 radical (unpaired) electrons. The van der Waals surface area contributed by atoms with Gasteiger partial charge in [-0.3, -0.25) is 10.1 Å². The summed E-state index contributed by atoms with van der Waals surface area (Å²) in [7, 11) is 1.18. The number of nitrogens with one attached hydrogen (secondary N) is 1. The van der Waals surface area contributed by atoms with E-state index < -0.39 is 11.9 Å². The summed E-state index contributed by atoms with van der Waals surface area (Å²) in [6.07, 6.45) is 2.67. The van der Waals surface area contributed by atoms with Crippen LogP contribution in [-0.4, -0.2) is 19.0 Å². The van der Waals surface area contributed by atoms with Crippen LogP contribution >= 0.6 is 0 Å². The highest BCUT2D eigenvalue weighted by Crippen LogP contribution is 2.27. The summed E-state index contributed by atoms with van der Waals surface area (Å²) in [5.74, 6) is -1.65. The largest absolute Gasteiger partial charge is 0.465 e. The Bertz CT molecular complexity index is 845. The molecule has 0 aliphatic rings. The van der Waals surface area contributed by atoms with Crippen LogP contribution in [-0.2, 0) is 9.53 Å². The fourth-order valence-corrected chi connectivity index (χ4v) is 1.99. The minimum Gasteiger partial charge on any atom is -0.465 e. The van der Waals surface area contributed by atoms with Gasteiger partial charge >= 0.3 is 5.97 Å². The summed E-state index contributed by atoms with van der Waals surface area (Å²) in [5.41, 5.74) is 0.485. The number of rotatable bonds is 4. The van der Waals surface area contributed by atoms with Crippen LogP contribution in [0.4, 0.5) is 10.3 Å². The number of ether oxygens (including phenoxy) is 1. The molecule has 7 heteroatoms. The van der Waals surface area contributed by atoms with Crippen molar-refractivity contribution in [1.29, 1.82) is 5.26 Å². The van der Waals surface area contributed by atoms with Crippen LogP contribution in [0.5, 0.6) is 0 Å². The summed E-state index contributed by atoms with van der Waals surface area (Å²) in [6.45, 7) is 1.48. The summed E-state index contributed by atoms with van der Waals surface area (Å²) in [5, 5.41) is 11.6. The molecule has 0 bridgehead atoms. The Labute approximate surface area is 137 Å². The number of aryl methyl sites for hydroxylation is 1. The molecular weight excluding hydrogens is 315 g/mol. The molecular formula is C17H13FN2O4. The van der Waals surface area contributed by atoms with Crippen molar-refractivity contribution in [3.63, 3.8) is 0 Å². The van der Waals surface area contributed by atoms with Gasteiger partial charge in [-0.2, -0.15) is 5.26 Å². The first-order valence-corrected chi connectivity index (χ1v) is 6.82. The number of nitrogens with zero attached hydrogens (tertiary/aromatic N) is 1. The van der Waals surface area contributed by atoms with Gasteiger partial charge in [0.25, 0.3) is 5.91 Å². The number of benzene rings is 1. The van der Waals surface area contributed by atoms with E-state index >= 15 is 0 Å². The zero-order valence-corrected chi connectivity index (χ0v) is 12.9. The average molecular weight is 328 g/mol. The second kappa shape index (κ2) is 7.24. The average Bonchev–Trinajstić information content (AvgIpc) is 2.88. The van der Waals surface area contributed by atoms with Gasteiger partial charge in [0, 0.05) is 6.08 Å². The van der Waals surface area contributed by atoms with Crippen LogP contribution in [0.15, 0.2) is 34.8 Å². The maximum atomic E-state index is 12.8. The van der Waals surface area contributed by atoms with Crippen LogP contribution in [0.2, 0.25) is 0 Å². The predicted molar refractivity (Wildman–Crippen MR) is 83.6 cm³/mol. The fraction of sp³-hybridized carbons (Fsp3) is 0.118. The Morgan fingerprint density at radius 3 is 2.58 bits per heavy atom. The third-order valence-corrected chi connectivity index (χ3v) is 3.12. The number of methoxy groups -OCH3 is 1. The SMILES string of the molecule is COC(=O)c1c(C)oc(NC(=O)/C=C/c2ccc(F)cc2)c1C#N. The van der Waals surface area contributed by atoms with Crippen LogP contribution < -0.4 is 5.32 Å². The smallest absolute Gasteiger partial charge is 0.342 e. The van der Waals surface area contributed by atoms with Gasteiger partial charge in [-0.1, -0.05) is 12.1 Å². The minimum atomic E-state index is -0.727. The number of nitriles is 1. The molecule has 24 heavy (non-hydrogen) atoms. The van der Waals surface area contributed by atoms with Gasteiger partial charge in [0.15, 0.2) is 0 Å². The van der Waals surface area contributed by atoms with Crippen molar-refractivity contribution in [2.24, 2.45) is 0 Å². The number of carbonyl (C=O) groups is 2. The van der Waals surface area contributed by atoms with Gasteiger partial charge in [0.1, 0.15) is 28.8 Å². The lowest BCUT2D eigenvalue weighted by Crippen LogP contribution is -2.09. The van der Waals surface area contributed by atoms with E-state index in [1.807, 2.05) is 6.07 Å². The molecule has 1 aromatic carbocycles. The highest BCUT2D eigenvalue weighted by molar-refractivity contribution is 6.03. The summed E-state index contributed by atoms with van der Waals surface area (Å²) in [4.78, 5) is 23.6. The first-order valence-electron chi connectivity index (χ1n) is 6.82. The first-order chi connectivity index (χ1) is 11.5. The summed E-state index contributed by atoms with van der Waals surface area (Å²) >= 11 is 0. The highest BCUT2D eigenvalue weighted by atomic mass is 19.1. The molecule has 1 heterocycles. The van der Waals surface area contributed by atoms with Crippen molar-refractivity contribution in [3.05, 3.63) is 58.6 Å². The molecule has 0 saturated heterocycles. The molecule has 1 N–H and O–H groups in total. The van der Waals surface area contributed by atoms with Crippen LogP contribution in [0.3, 0.4) is 0 Å². The van der Waals surface area contributed by atoms with Crippen LogP contribution in [0.1, 0.15) is 27.2 Å². The van der Waals surface area contributed by atoms with Crippen molar-refractivity contribution >= 4 is 23.8 Å². The molecule has 0 spiro atoms. The number of hydrogen-bond donors (Lipinski definition) is 1. The van der Waals surface area contributed by atoms with Gasteiger partial charge in [-0.05, 0) is 30.7 Å². The van der Waals surface area contributed by atoms with E-state index in [0.717, 1.165) is 0 Å². The lowest BCUT2D eigenvalue weighted by atomic mass is 10.1. The lowest BCUT2D eigenvalue weighted by molar-refractivity contribution is -0.111. The molecule has 0 saturated carbocycles. The number of halogens is 1. The number of anilines is 1. The monoisotopic (exact) mass is 328 g/mol. The Hall–Kier alpha value is -3.40. The molecule has 2 rings (SSSR count). The molecule has 0 aliphatic heterocycles. The van der Waals surface area contributed by atoms with E-state index in [9.17, 15) is 19.2 Å². The van der Waals surface area contributed by atoms with Gasteiger partial charge in [-0.25, -0.2) is 9.18 Å². The Morgan fingerprint density at radius 2 is 2.00 bits per heavy atom. The highest BCUT2D eigenvalue weighted by Gasteiger charge is 2.24. The predicted octanol–water partition coefficient (Wildman–Crippen LogP) is 3.04. The van der Waals surface area contributed by atoms with E-state index in [1.54, 1.807) is 0 Å². The maximum Gasteiger partial charge on any atom is 0.342 e. The quantitative estimate of drug-likeness (QED) is 0.688. The fourth-order valence-electron chi connectivity index (χ4n) is 1.99. The topological polar surface area (TPSA) is 92.3 Å². The zero-order valence-electron chi connectivity index (χ0n) is 12.9. The van der Waals surface area contributed by atoms with Gasteiger partial charge in [0.05, 0.1) is 7.11 Å². The van der Waals surface area contributed by atoms with E-state index in [1.165, 1.54) is 50.5 Å². The molecule has 6 nitrogen and oxygen atoms in total. The number of carbonyl (C=O) groups excluding carboxylic acids is 2. The third-order valence-electron chi connectivity index (χ3n) is 3.12. The maximum absolute atomic E-state index is 12.8. The van der Waals surface area contributed by atoms with E-state index in [4.69, 9.17) is 4.42 Å². The summed E-state index contributed by atoms with van der Waals surface area (Å²) < 4.78 is 22.7. The molecule has 122 valence electrons. The van der Waals surface area contributed by atoms with Crippen molar-refractivity contribution in [1.82, 2.24) is 0 Å². The van der Waals surface area contributed by atoms with Gasteiger partial charge in [-0.15, -0.1) is 0 Å². The molecule has 0 fully saturated rings. The first kappa shape index (κ1) is 17.0. The molecule has 1 amide bonds. The van der Waals surface area contributed by atoms with E-state index in [0.29, 0.717) is 5.56 Å². The van der Waals surface area contributed by atoms with E-state index in [2.05, 4.69) is 10.1 Å². The third kappa shape index (κ3) is 3.67. The van der Waals surface area contributed by atoms with Gasteiger partial charge < -0.3 is 9.15 Å². The number of esters is 1. The van der Waals surface area contributed by atoms with Crippen molar-refractivity contribution in [3.8, 4) is 6.07 Å². The standard InChI is InChI=1S/C17H13FN2O4/c1-10-15(17(22)23-2)13(9-19)16(24-10)20-14(21)8-5-11-3-6-12(18)7-4-11/h3-8H,1-2H3,(H,20,21)/b8-5+. The van der Waals surface area contributed by atoms with Crippen LogP contribution in [0, 0.1) is 24.1 Å². The zero-order chi connectivity index (χ0) is 17.7. The van der Waals surface area contributed by atoms with Crippen molar-refractivity contribution in [2.75, 3.05) is 12.4 Å². The van der Waals surface area contributed by atoms with E-state index in [-0.39, 0.29) is 28.6 Å².